The third kappa shape index (κ3) is 5.69. The second kappa shape index (κ2) is 10.1. The fourth-order valence-corrected chi connectivity index (χ4v) is 2.98. The molecule has 0 saturated carbocycles. The molecule has 0 aromatic heterocycles. The van der Waals surface area contributed by atoms with E-state index in [1.165, 1.54) is 18.3 Å². The summed E-state index contributed by atoms with van der Waals surface area (Å²) >= 11 is 6.05. The first kappa shape index (κ1) is 21.6. The van der Waals surface area contributed by atoms with Crippen molar-refractivity contribution in [3.63, 3.8) is 0 Å². The van der Waals surface area contributed by atoms with Gasteiger partial charge in [-0.25, -0.2) is 0 Å². The lowest BCUT2D eigenvalue weighted by atomic mass is 10.2. The molecule has 7 nitrogen and oxygen atoms in total. The summed E-state index contributed by atoms with van der Waals surface area (Å²) < 4.78 is 0. The van der Waals surface area contributed by atoms with Gasteiger partial charge >= 0.3 is 0 Å². The van der Waals surface area contributed by atoms with Crippen molar-refractivity contribution in [2.45, 2.75) is 6.54 Å². The Morgan fingerprint density at radius 2 is 1.74 bits per heavy atom. The Hall–Kier alpha value is -4.15. The van der Waals surface area contributed by atoms with Gasteiger partial charge in [0.05, 0.1) is 15.6 Å². The Morgan fingerprint density at radius 1 is 1.10 bits per heavy atom. The van der Waals surface area contributed by atoms with Crippen molar-refractivity contribution in [3.05, 3.63) is 111 Å². The van der Waals surface area contributed by atoms with Gasteiger partial charge in [0.2, 0.25) is 0 Å². The zero-order valence-electron chi connectivity index (χ0n) is 16.2. The summed E-state index contributed by atoms with van der Waals surface area (Å²) in [6, 6.07) is 24.5. The fourth-order valence-electron chi connectivity index (χ4n) is 2.82. The maximum Gasteiger partial charge on any atom is 0.271 e. The fraction of sp³-hybridized carbons (Fsp3) is 0.0435. The van der Waals surface area contributed by atoms with Crippen molar-refractivity contribution in [1.82, 2.24) is 0 Å². The van der Waals surface area contributed by atoms with Crippen LogP contribution in [0.3, 0.4) is 0 Å². The highest BCUT2D eigenvalue weighted by atomic mass is 35.5. The van der Waals surface area contributed by atoms with Gasteiger partial charge in [0.15, 0.2) is 0 Å². The molecule has 154 valence electrons. The number of nitrogens with one attached hydrogen (secondary N) is 1. The number of hydrogen-bond acceptors (Lipinski definition) is 5. The van der Waals surface area contributed by atoms with Crippen LogP contribution in [0.2, 0.25) is 5.02 Å². The molecule has 0 bridgehead atoms. The zero-order chi connectivity index (χ0) is 22.2. The Kier molecular flexibility index (Phi) is 6.99. The number of amides is 1. The number of halogens is 1. The molecule has 1 N–H and O–H groups in total. The molecule has 3 rings (SSSR count). The molecular weight excluding hydrogens is 416 g/mol. The van der Waals surface area contributed by atoms with Crippen LogP contribution in [-0.4, -0.2) is 10.8 Å². The van der Waals surface area contributed by atoms with Crippen LogP contribution < -0.4 is 10.2 Å². The molecule has 0 aliphatic rings. The smallest absolute Gasteiger partial charge is 0.271 e. The molecule has 3 aromatic carbocycles. The highest BCUT2D eigenvalue weighted by molar-refractivity contribution is 6.34. The molecule has 0 radical (unpaired) electrons. The third-order valence-electron chi connectivity index (χ3n) is 4.34. The van der Waals surface area contributed by atoms with E-state index in [-0.39, 0.29) is 22.0 Å². The van der Waals surface area contributed by atoms with Gasteiger partial charge in [-0.2, -0.15) is 5.26 Å². The quantitative estimate of drug-likeness (QED) is 0.236. The van der Waals surface area contributed by atoms with Crippen LogP contribution in [0.1, 0.15) is 5.56 Å². The molecule has 0 fully saturated rings. The number of rotatable bonds is 7. The van der Waals surface area contributed by atoms with Gasteiger partial charge in [-0.3, -0.25) is 14.9 Å². The summed E-state index contributed by atoms with van der Waals surface area (Å²) in [5.74, 6) is -0.723. The van der Waals surface area contributed by atoms with Crippen molar-refractivity contribution in [2.75, 3.05) is 10.2 Å². The van der Waals surface area contributed by atoms with E-state index in [0.717, 1.165) is 17.3 Å². The van der Waals surface area contributed by atoms with Crippen LogP contribution in [0.4, 0.5) is 17.1 Å². The number of benzene rings is 3. The van der Waals surface area contributed by atoms with Crippen LogP contribution >= 0.6 is 11.6 Å². The highest BCUT2D eigenvalue weighted by Gasteiger charge is 2.17. The first-order valence-corrected chi connectivity index (χ1v) is 9.58. The van der Waals surface area contributed by atoms with Gasteiger partial charge in [-0.15, -0.1) is 0 Å². The lowest BCUT2D eigenvalue weighted by molar-refractivity contribution is -0.384. The standard InChI is InChI=1S/C23H17ClN4O3/c24-21-12-11-20(28(30)31)13-22(21)26-23(29)18(14-25)16-27(19-9-5-2-6-10-19)15-17-7-3-1-4-8-17/h1-13,16H,15H2,(H,26,29)/b18-16-. The monoisotopic (exact) mass is 432 g/mol. The zero-order valence-corrected chi connectivity index (χ0v) is 17.0. The molecule has 0 aliphatic carbocycles. The molecule has 0 heterocycles. The highest BCUT2D eigenvalue weighted by Crippen LogP contribution is 2.27. The SMILES string of the molecule is N#C/C(=C/N(Cc1ccccc1)c1ccccc1)C(=O)Nc1cc([N+](=O)[O-])ccc1Cl. The Labute approximate surface area is 184 Å². The van der Waals surface area contributed by atoms with E-state index in [1.807, 2.05) is 66.7 Å². The van der Waals surface area contributed by atoms with E-state index in [2.05, 4.69) is 5.32 Å². The van der Waals surface area contributed by atoms with E-state index >= 15 is 0 Å². The predicted octanol–water partition coefficient (Wildman–Crippen LogP) is 5.30. The molecular formula is C23H17ClN4O3. The minimum Gasteiger partial charge on any atom is -0.342 e. The van der Waals surface area contributed by atoms with Crippen LogP contribution in [0.5, 0.6) is 0 Å². The lowest BCUT2D eigenvalue weighted by Crippen LogP contribution is -2.21. The predicted molar refractivity (Wildman–Crippen MR) is 119 cm³/mol. The van der Waals surface area contributed by atoms with Gasteiger partial charge in [0, 0.05) is 30.6 Å². The van der Waals surface area contributed by atoms with Crippen LogP contribution in [-0.2, 0) is 11.3 Å². The number of anilines is 2. The number of nitro groups is 1. The molecule has 0 atom stereocenters. The van der Waals surface area contributed by atoms with E-state index in [1.54, 1.807) is 4.90 Å². The van der Waals surface area contributed by atoms with E-state index < -0.39 is 10.8 Å². The first-order valence-electron chi connectivity index (χ1n) is 9.21. The summed E-state index contributed by atoms with van der Waals surface area (Å²) in [7, 11) is 0. The van der Waals surface area contributed by atoms with Gasteiger partial charge in [-0.05, 0) is 23.8 Å². The first-order chi connectivity index (χ1) is 15.0. The Balaban J connectivity index is 1.91. The number of para-hydroxylation sites is 1. The molecule has 1 amide bonds. The number of non-ortho nitro benzene ring substituents is 1. The number of nitrogens with zero attached hydrogens (tertiary/aromatic N) is 3. The number of nitro benzene ring substituents is 1. The summed E-state index contributed by atoms with van der Waals surface area (Å²) in [4.78, 5) is 24.9. The number of nitriles is 1. The van der Waals surface area contributed by atoms with Crippen LogP contribution in [0, 0.1) is 21.4 Å². The maximum absolute atomic E-state index is 12.7. The van der Waals surface area contributed by atoms with E-state index in [4.69, 9.17) is 11.6 Å². The molecule has 31 heavy (non-hydrogen) atoms. The normalized spacial score (nSPS) is 10.8. The topological polar surface area (TPSA) is 99.3 Å². The van der Waals surface area contributed by atoms with Crippen LogP contribution in [0.15, 0.2) is 90.6 Å². The molecule has 0 saturated heterocycles. The van der Waals surface area contributed by atoms with Gasteiger partial charge in [-0.1, -0.05) is 60.1 Å². The molecule has 0 aliphatic heterocycles. The largest absolute Gasteiger partial charge is 0.342 e. The average molecular weight is 433 g/mol. The van der Waals surface area contributed by atoms with E-state index in [0.29, 0.717) is 6.54 Å². The van der Waals surface area contributed by atoms with Crippen molar-refractivity contribution >= 4 is 34.6 Å². The average Bonchev–Trinajstić information content (AvgIpc) is 2.79. The van der Waals surface area contributed by atoms with Gasteiger partial charge < -0.3 is 10.2 Å². The molecule has 0 spiro atoms. The second-order valence-electron chi connectivity index (χ2n) is 6.48. The van der Waals surface area contributed by atoms with Crippen molar-refractivity contribution in [3.8, 4) is 6.07 Å². The molecule has 8 heteroatoms. The summed E-state index contributed by atoms with van der Waals surface area (Å²) in [6.07, 6.45) is 1.45. The summed E-state index contributed by atoms with van der Waals surface area (Å²) in [5.41, 5.74) is 1.43. The second-order valence-corrected chi connectivity index (χ2v) is 6.89. The maximum atomic E-state index is 12.7. The third-order valence-corrected chi connectivity index (χ3v) is 4.67. The number of carbonyl (C=O) groups excluding carboxylic acids is 1. The molecule has 3 aromatic rings. The Bertz CT molecular complexity index is 1160. The molecule has 0 unspecified atom stereocenters. The van der Waals surface area contributed by atoms with Crippen LogP contribution in [0.25, 0.3) is 0 Å². The minimum atomic E-state index is -0.723. The number of hydrogen-bond donors (Lipinski definition) is 1. The van der Waals surface area contributed by atoms with Crippen molar-refractivity contribution < 1.29 is 9.72 Å². The van der Waals surface area contributed by atoms with Crippen molar-refractivity contribution in [1.29, 1.82) is 5.26 Å². The van der Waals surface area contributed by atoms with Gasteiger partial charge in [0.1, 0.15) is 11.6 Å². The summed E-state index contributed by atoms with van der Waals surface area (Å²) in [5, 5.41) is 23.2. The van der Waals surface area contributed by atoms with E-state index in [9.17, 15) is 20.2 Å². The lowest BCUT2D eigenvalue weighted by Gasteiger charge is -2.21. The Morgan fingerprint density at radius 3 is 2.35 bits per heavy atom. The van der Waals surface area contributed by atoms with Crippen molar-refractivity contribution in [2.24, 2.45) is 0 Å². The number of carbonyl (C=O) groups is 1. The van der Waals surface area contributed by atoms with Gasteiger partial charge in [0.25, 0.3) is 11.6 Å². The minimum absolute atomic E-state index is 0.0522. The summed E-state index contributed by atoms with van der Waals surface area (Å²) in [6.45, 7) is 0.431.